The summed E-state index contributed by atoms with van der Waals surface area (Å²) in [5.41, 5.74) is 2.48. The molecule has 2 N–H and O–H groups in total. The lowest BCUT2D eigenvalue weighted by atomic mass is 10.1. The van der Waals surface area contributed by atoms with Crippen molar-refractivity contribution in [2.75, 3.05) is 29.9 Å². The lowest BCUT2D eigenvalue weighted by Gasteiger charge is -2.22. The molecule has 0 saturated carbocycles. The number of aromatic nitrogens is 4. The molecule has 2 aromatic heterocycles. The van der Waals surface area contributed by atoms with Crippen LogP contribution in [0.5, 0.6) is 0 Å². The molecule has 8 nitrogen and oxygen atoms in total. The lowest BCUT2D eigenvalue weighted by Crippen LogP contribution is -2.24. The summed E-state index contributed by atoms with van der Waals surface area (Å²) in [6.07, 6.45) is 7.88. The summed E-state index contributed by atoms with van der Waals surface area (Å²) in [4.78, 5) is 9.63. The normalized spacial score (nSPS) is 15.1. The number of hydrogen-bond acceptors (Lipinski definition) is 7. The quantitative estimate of drug-likeness (QED) is 0.361. The molecule has 0 bridgehead atoms. The predicted molar refractivity (Wildman–Crippen MR) is 140 cm³/mol. The van der Waals surface area contributed by atoms with Crippen LogP contribution in [-0.2, 0) is 10.0 Å². The Hall–Kier alpha value is -2.17. The zero-order chi connectivity index (χ0) is 24.0. The Balaban J connectivity index is 1.67. The summed E-state index contributed by atoms with van der Waals surface area (Å²) in [6, 6.07) is 7.24. The monoisotopic (exact) mass is 502 g/mol. The van der Waals surface area contributed by atoms with Crippen LogP contribution >= 0.6 is 11.8 Å². The van der Waals surface area contributed by atoms with Gasteiger partial charge in [-0.1, -0.05) is 38.8 Å². The van der Waals surface area contributed by atoms with Gasteiger partial charge in [-0.2, -0.15) is 21.8 Å². The van der Waals surface area contributed by atoms with Crippen LogP contribution in [-0.4, -0.2) is 52.8 Å². The van der Waals surface area contributed by atoms with Gasteiger partial charge in [-0.05, 0) is 49.3 Å². The van der Waals surface area contributed by atoms with Gasteiger partial charge < -0.3 is 5.32 Å². The Morgan fingerprint density at radius 3 is 2.47 bits per heavy atom. The van der Waals surface area contributed by atoms with E-state index in [0.717, 1.165) is 78.9 Å². The van der Waals surface area contributed by atoms with E-state index in [4.69, 9.17) is 10.1 Å². The van der Waals surface area contributed by atoms with Crippen LogP contribution in [0.25, 0.3) is 22.3 Å². The minimum atomic E-state index is -3.51. The van der Waals surface area contributed by atoms with Crippen molar-refractivity contribution < 1.29 is 8.42 Å². The van der Waals surface area contributed by atoms with Crippen molar-refractivity contribution in [2.45, 2.75) is 63.3 Å². The first-order valence-corrected chi connectivity index (χ1v) is 14.8. The molecular formula is C24H34N6O2S2. The highest BCUT2D eigenvalue weighted by Crippen LogP contribution is 2.34. The first-order valence-electron chi connectivity index (χ1n) is 12.2. The largest absolute Gasteiger partial charge is 0.354 e. The van der Waals surface area contributed by atoms with E-state index in [2.05, 4.69) is 26.6 Å². The van der Waals surface area contributed by atoms with Crippen LogP contribution < -0.4 is 10.0 Å². The zero-order valence-electron chi connectivity index (χ0n) is 20.0. The fraction of sp³-hybridized carbons (Fsp3) is 0.542. The molecule has 10 heteroatoms. The van der Waals surface area contributed by atoms with Crippen molar-refractivity contribution in [2.24, 2.45) is 0 Å². The molecule has 0 spiro atoms. The highest BCUT2D eigenvalue weighted by molar-refractivity contribution is 7.99. The third kappa shape index (κ3) is 5.72. The molecule has 3 heterocycles. The van der Waals surface area contributed by atoms with Crippen molar-refractivity contribution in [3.8, 4) is 11.3 Å². The van der Waals surface area contributed by atoms with Gasteiger partial charge in [0.1, 0.15) is 5.69 Å². The van der Waals surface area contributed by atoms with Gasteiger partial charge in [-0.3, -0.25) is 0 Å². The van der Waals surface area contributed by atoms with Crippen LogP contribution in [0.4, 0.5) is 5.95 Å². The fourth-order valence-electron chi connectivity index (χ4n) is 4.04. The lowest BCUT2D eigenvalue weighted by molar-refractivity contribution is 0.438. The van der Waals surface area contributed by atoms with E-state index in [0.29, 0.717) is 18.5 Å². The highest BCUT2D eigenvalue weighted by Gasteiger charge is 2.23. The van der Waals surface area contributed by atoms with Crippen molar-refractivity contribution in [1.29, 1.82) is 0 Å². The van der Waals surface area contributed by atoms with E-state index in [1.165, 1.54) is 0 Å². The molecule has 1 aliphatic rings. The molecule has 34 heavy (non-hydrogen) atoms. The van der Waals surface area contributed by atoms with Crippen molar-refractivity contribution in [1.82, 2.24) is 24.5 Å². The summed E-state index contributed by atoms with van der Waals surface area (Å²) in [5, 5.41) is 9.19. The summed E-state index contributed by atoms with van der Waals surface area (Å²) >= 11 is 1.98. The van der Waals surface area contributed by atoms with Gasteiger partial charge in [0.2, 0.25) is 16.0 Å². The molecule has 3 aromatic rings. The third-order valence-corrected chi connectivity index (χ3v) is 8.58. The molecule has 1 aromatic carbocycles. The van der Waals surface area contributed by atoms with Gasteiger partial charge in [0, 0.05) is 24.8 Å². The van der Waals surface area contributed by atoms with Crippen LogP contribution in [0, 0.1) is 0 Å². The molecule has 0 atom stereocenters. The first-order chi connectivity index (χ1) is 16.5. The van der Waals surface area contributed by atoms with Gasteiger partial charge in [0.15, 0.2) is 5.65 Å². The highest BCUT2D eigenvalue weighted by atomic mass is 32.2. The number of rotatable bonds is 11. The number of thioether (sulfide) groups is 1. The summed E-state index contributed by atoms with van der Waals surface area (Å²) in [7, 11) is -3.51. The summed E-state index contributed by atoms with van der Waals surface area (Å²) in [5.74, 6) is 2.86. The average molecular weight is 503 g/mol. The topological polar surface area (TPSA) is 102 Å². The number of fused-ring (bicyclic) bond motifs is 1. The van der Waals surface area contributed by atoms with E-state index < -0.39 is 10.0 Å². The number of nitrogens with one attached hydrogen (secondary N) is 2. The average Bonchev–Trinajstić information content (AvgIpc) is 3.24. The third-order valence-electron chi connectivity index (χ3n) is 6.06. The second-order valence-electron chi connectivity index (χ2n) is 8.62. The Labute approximate surface area is 206 Å². The molecule has 4 rings (SSSR count). The summed E-state index contributed by atoms with van der Waals surface area (Å²) in [6.45, 7) is 5.48. The SMILES string of the molecule is CCCCNc1ncc2c(-c3ccc(S(=O)(=O)NCCCC)cc3)nn(C3CCSCC3)c2n1. The number of hydrogen-bond donors (Lipinski definition) is 2. The van der Waals surface area contributed by atoms with Crippen LogP contribution in [0.2, 0.25) is 0 Å². The number of anilines is 1. The van der Waals surface area contributed by atoms with Crippen molar-refractivity contribution >= 4 is 38.8 Å². The van der Waals surface area contributed by atoms with E-state index in [1.54, 1.807) is 12.1 Å². The minimum absolute atomic E-state index is 0.263. The number of nitrogens with zero attached hydrogens (tertiary/aromatic N) is 4. The first kappa shape index (κ1) is 24.9. The molecule has 0 aliphatic carbocycles. The maximum atomic E-state index is 12.6. The van der Waals surface area contributed by atoms with E-state index in [9.17, 15) is 8.42 Å². The molecule has 0 radical (unpaired) electrons. The van der Waals surface area contributed by atoms with E-state index >= 15 is 0 Å². The van der Waals surface area contributed by atoms with Crippen LogP contribution in [0.3, 0.4) is 0 Å². The summed E-state index contributed by atoms with van der Waals surface area (Å²) < 4.78 is 29.9. The number of sulfonamides is 1. The smallest absolute Gasteiger partial charge is 0.240 e. The van der Waals surface area contributed by atoms with Gasteiger partial charge in [-0.25, -0.2) is 22.8 Å². The van der Waals surface area contributed by atoms with Gasteiger partial charge >= 0.3 is 0 Å². The molecule has 0 unspecified atom stereocenters. The molecule has 184 valence electrons. The van der Waals surface area contributed by atoms with Crippen LogP contribution in [0.15, 0.2) is 35.4 Å². The standard InChI is InChI=1S/C24H34N6O2S2/c1-3-5-13-25-24-26-17-21-22(29-30(23(21)28-24)19-11-15-33-16-12-19)18-7-9-20(10-8-18)34(31,32)27-14-6-4-2/h7-10,17,19,27H,3-6,11-16H2,1-2H3,(H,25,26,28). The van der Waals surface area contributed by atoms with Crippen molar-refractivity contribution in [3.63, 3.8) is 0 Å². The van der Waals surface area contributed by atoms with Crippen LogP contribution in [0.1, 0.15) is 58.4 Å². The Morgan fingerprint density at radius 1 is 1.06 bits per heavy atom. The second kappa shape index (κ2) is 11.5. The molecular weight excluding hydrogens is 468 g/mol. The maximum Gasteiger partial charge on any atom is 0.240 e. The fourth-order valence-corrected chi connectivity index (χ4v) is 6.20. The van der Waals surface area contributed by atoms with Crippen molar-refractivity contribution in [3.05, 3.63) is 30.5 Å². The van der Waals surface area contributed by atoms with E-state index in [1.807, 2.05) is 37.0 Å². The predicted octanol–water partition coefficient (Wildman–Crippen LogP) is 4.85. The Kier molecular flexibility index (Phi) is 8.44. The zero-order valence-corrected chi connectivity index (χ0v) is 21.6. The van der Waals surface area contributed by atoms with Gasteiger partial charge in [0.25, 0.3) is 0 Å². The molecule has 1 fully saturated rings. The number of benzene rings is 1. The van der Waals surface area contributed by atoms with E-state index in [-0.39, 0.29) is 4.90 Å². The maximum absolute atomic E-state index is 12.6. The second-order valence-corrected chi connectivity index (χ2v) is 11.6. The Bertz CT molecular complexity index is 1190. The molecule has 1 aliphatic heterocycles. The minimum Gasteiger partial charge on any atom is -0.354 e. The van der Waals surface area contributed by atoms with Gasteiger partial charge in [0.05, 0.1) is 16.3 Å². The molecule has 1 saturated heterocycles. The van der Waals surface area contributed by atoms with Gasteiger partial charge in [-0.15, -0.1) is 0 Å². The Morgan fingerprint density at radius 2 is 1.76 bits per heavy atom. The number of unbranched alkanes of at least 4 members (excludes halogenated alkanes) is 2. The molecule has 0 amide bonds.